The van der Waals surface area contributed by atoms with E-state index in [9.17, 15) is 24.3 Å². The number of ketones is 1. The molecule has 1 saturated heterocycles. The van der Waals surface area contributed by atoms with Gasteiger partial charge in [-0.25, -0.2) is 0 Å². The van der Waals surface area contributed by atoms with Crippen LogP contribution in [0.15, 0.2) is 23.0 Å². The molecular weight excluding hydrogens is 492 g/mol. The molecule has 208 valence electrons. The standard InChI is InChI=1S/C29H38O9/c1-15(30)37-25-17-13-29(34)18(28(5,23(17)33)19(26(25,2)3)11-21(31)35-6)7-9-27(4)20(29)12-22(32)38-24(27)16-8-10-36-14-16/h8,10,14,17-20,24-25,34H,7,9,11-13H2,1-6H3. The second-order valence-electron chi connectivity index (χ2n) is 12.9. The van der Waals surface area contributed by atoms with Gasteiger partial charge in [0.25, 0.3) is 0 Å². The van der Waals surface area contributed by atoms with Crippen molar-refractivity contribution in [1.82, 2.24) is 0 Å². The highest BCUT2D eigenvalue weighted by Gasteiger charge is 2.75. The van der Waals surface area contributed by atoms with Crippen LogP contribution in [0.2, 0.25) is 0 Å². The largest absolute Gasteiger partial charge is 0.472 e. The summed E-state index contributed by atoms with van der Waals surface area (Å²) in [6.07, 6.45) is 2.81. The molecule has 9 unspecified atom stereocenters. The summed E-state index contributed by atoms with van der Waals surface area (Å²) in [5.41, 5.74) is -3.16. The number of Topliss-reactive ketones (excluding diaryl/α,β-unsaturated/α-hetero) is 1. The first kappa shape index (κ1) is 26.9. The first-order valence-corrected chi connectivity index (χ1v) is 13.4. The zero-order valence-electron chi connectivity index (χ0n) is 22.9. The van der Waals surface area contributed by atoms with Crippen molar-refractivity contribution in [1.29, 1.82) is 0 Å². The normalized spacial score (nSPS) is 43.3. The smallest absolute Gasteiger partial charge is 0.306 e. The van der Waals surface area contributed by atoms with Crippen LogP contribution in [0.4, 0.5) is 0 Å². The number of carbonyl (C=O) groups excluding carboxylic acids is 4. The summed E-state index contributed by atoms with van der Waals surface area (Å²) >= 11 is 0. The van der Waals surface area contributed by atoms with Gasteiger partial charge in [0.05, 0.1) is 37.6 Å². The highest BCUT2D eigenvalue weighted by Crippen LogP contribution is 2.71. The third-order valence-corrected chi connectivity index (χ3v) is 10.8. The number of hydrogen-bond acceptors (Lipinski definition) is 9. The summed E-state index contributed by atoms with van der Waals surface area (Å²) < 4.78 is 22.0. The van der Waals surface area contributed by atoms with Crippen LogP contribution in [0, 0.1) is 39.9 Å². The Hall–Kier alpha value is -2.68. The quantitative estimate of drug-likeness (QED) is 0.457. The number of esters is 3. The van der Waals surface area contributed by atoms with Gasteiger partial charge in [-0.05, 0) is 31.2 Å². The first-order valence-electron chi connectivity index (χ1n) is 13.4. The van der Waals surface area contributed by atoms with Crippen LogP contribution < -0.4 is 0 Å². The molecule has 4 aliphatic rings. The molecule has 1 N–H and O–H groups in total. The summed E-state index contributed by atoms with van der Waals surface area (Å²) in [5, 5.41) is 12.8. The second kappa shape index (κ2) is 8.66. The summed E-state index contributed by atoms with van der Waals surface area (Å²) in [5.74, 6) is -3.85. The Balaban J connectivity index is 1.66. The van der Waals surface area contributed by atoms with Gasteiger partial charge in [-0.15, -0.1) is 0 Å². The fourth-order valence-electron chi connectivity index (χ4n) is 9.18. The molecule has 5 rings (SSSR count). The number of ether oxygens (including phenoxy) is 3. The number of methoxy groups -OCH3 is 1. The van der Waals surface area contributed by atoms with Gasteiger partial charge in [-0.1, -0.05) is 27.7 Å². The van der Waals surface area contributed by atoms with E-state index in [4.69, 9.17) is 18.6 Å². The summed E-state index contributed by atoms with van der Waals surface area (Å²) in [4.78, 5) is 52.2. The second-order valence-corrected chi connectivity index (χ2v) is 12.9. The molecular formula is C29H38O9. The SMILES string of the molecule is COC(=O)CC1C(C)(C)C(OC(C)=O)C2CC3(O)C4CC(=O)OC(c5ccoc5)C4(C)CCC3C1(C)C2=O. The molecule has 1 aromatic heterocycles. The highest BCUT2D eigenvalue weighted by molar-refractivity contribution is 5.92. The lowest BCUT2D eigenvalue weighted by atomic mass is 9.36. The number of aliphatic hydroxyl groups is 1. The van der Waals surface area contributed by atoms with E-state index in [1.54, 1.807) is 12.3 Å². The molecule has 38 heavy (non-hydrogen) atoms. The lowest BCUT2D eigenvalue weighted by Crippen LogP contribution is -2.75. The molecule has 9 atom stereocenters. The highest BCUT2D eigenvalue weighted by atomic mass is 16.6. The Morgan fingerprint density at radius 3 is 2.47 bits per heavy atom. The van der Waals surface area contributed by atoms with Crippen LogP contribution in [-0.4, -0.2) is 47.6 Å². The topological polar surface area (TPSA) is 129 Å². The number of cyclic esters (lactones) is 1. The van der Waals surface area contributed by atoms with Gasteiger partial charge in [0, 0.05) is 47.0 Å². The maximum absolute atomic E-state index is 14.3. The molecule has 1 aliphatic heterocycles. The van der Waals surface area contributed by atoms with Crippen molar-refractivity contribution < 1.29 is 42.9 Å². The zero-order valence-corrected chi connectivity index (χ0v) is 22.9. The molecule has 9 heteroatoms. The van der Waals surface area contributed by atoms with Crippen molar-refractivity contribution in [2.24, 2.45) is 39.9 Å². The monoisotopic (exact) mass is 530 g/mol. The minimum Gasteiger partial charge on any atom is -0.472 e. The van der Waals surface area contributed by atoms with Crippen molar-refractivity contribution >= 4 is 23.7 Å². The Morgan fingerprint density at radius 2 is 1.87 bits per heavy atom. The third-order valence-electron chi connectivity index (χ3n) is 10.8. The van der Waals surface area contributed by atoms with Gasteiger partial charge in [0.2, 0.25) is 0 Å². The maximum atomic E-state index is 14.3. The van der Waals surface area contributed by atoms with Crippen molar-refractivity contribution in [3.05, 3.63) is 24.2 Å². The van der Waals surface area contributed by atoms with Gasteiger partial charge in [-0.2, -0.15) is 0 Å². The number of hydrogen-bond donors (Lipinski definition) is 1. The molecule has 2 heterocycles. The van der Waals surface area contributed by atoms with Crippen molar-refractivity contribution in [3.63, 3.8) is 0 Å². The third kappa shape index (κ3) is 3.53. The Kier molecular flexibility index (Phi) is 6.13. The molecule has 9 nitrogen and oxygen atoms in total. The van der Waals surface area contributed by atoms with Gasteiger partial charge in [0.1, 0.15) is 18.0 Å². The Bertz CT molecular complexity index is 1150. The average molecular weight is 531 g/mol. The predicted molar refractivity (Wildman–Crippen MR) is 132 cm³/mol. The van der Waals surface area contributed by atoms with Crippen LogP contribution >= 0.6 is 0 Å². The van der Waals surface area contributed by atoms with Crippen molar-refractivity contribution in [3.8, 4) is 0 Å². The molecule has 0 amide bonds. The molecule has 0 radical (unpaired) electrons. The summed E-state index contributed by atoms with van der Waals surface area (Å²) in [7, 11) is 1.31. The van der Waals surface area contributed by atoms with Gasteiger partial charge in [0.15, 0.2) is 0 Å². The zero-order chi connectivity index (χ0) is 27.8. The predicted octanol–water partition coefficient (Wildman–Crippen LogP) is 3.78. The van der Waals surface area contributed by atoms with E-state index in [0.29, 0.717) is 12.8 Å². The molecule has 1 aromatic rings. The van der Waals surface area contributed by atoms with E-state index in [2.05, 4.69) is 0 Å². The Labute approximate surface area is 222 Å². The van der Waals surface area contributed by atoms with Gasteiger partial charge in [-0.3, -0.25) is 19.2 Å². The van der Waals surface area contributed by atoms with Crippen LogP contribution in [0.3, 0.4) is 0 Å². The Morgan fingerprint density at radius 1 is 1.16 bits per heavy atom. The maximum Gasteiger partial charge on any atom is 0.306 e. The molecule has 3 aliphatic carbocycles. The van der Waals surface area contributed by atoms with E-state index >= 15 is 0 Å². The first-order chi connectivity index (χ1) is 17.7. The van der Waals surface area contributed by atoms with Crippen LogP contribution in [0.1, 0.15) is 78.4 Å². The van der Waals surface area contributed by atoms with Crippen LogP contribution in [0.5, 0.6) is 0 Å². The van der Waals surface area contributed by atoms with E-state index in [1.165, 1.54) is 20.3 Å². The minimum atomic E-state index is -1.43. The number of furan rings is 1. The average Bonchev–Trinajstić information content (AvgIpc) is 3.37. The summed E-state index contributed by atoms with van der Waals surface area (Å²) in [6.45, 7) is 9.04. The van der Waals surface area contributed by atoms with E-state index in [-0.39, 0.29) is 25.0 Å². The molecule has 0 aromatic carbocycles. The lowest BCUT2D eigenvalue weighted by Gasteiger charge is -2.69. The van der Waals surface area contributed by atoms with Crippen molar-refractivity contribution in [2.75, 3.05) is 7.11 Å². The fourth-order valence-corrected chi connectivity index (χ4v) is 9.18. The number of carbonyl (C=O) groups is 4. The lowest BCUT2D eigenvalue weighted by molar-refractivity contribution is -0.278. The minimum absolute atomic E-state index is 0.0120. The van der Waals surface area contributed by atoms with Crippen molar-refractivity contribution in [2.45, 2.75) is 84.5 Å². The fraction of sp³-hybridized carbons (Fsp3) is 0.724. The van der Waals surface area contributed by atoms with E-state index in [1.807, 2.05) is 27.7 Å². The summed E-state index contributed by atoms with van der Waals surface area (Å²) in [6, 6.07) is 1.77. The van der Waals surface area contributed by atoms with Crippen LogP contribution in [0.25, 0.3) is 0 Å². The van der Waals surface area contributed by atoms with Gasteiger partial charge >= 0.3 is 17.9 Å². The molecule has 3 saturated carbocycles. The molecule has 4 fully saturated rings. The number of fused-ring (bicyclic) bond motifs is 6. The molecule has 0 spiro atoms. The molecule has 2 bridgehead atoms. The number of rotatable bonds is 4. The van der Waals surface area contributed by atoms with E-state index in [0.717, 1.165) is 5.56 Å². The van der Waals surface area contributed by atoms with Gasteiger partial charge < -0.3 is 23.7 Å². The van der Waals surface area contributed by atoms with E-state index < -0.39 is 75.6 Å². The van der Waals surface area contributed by atoms with Crippen LogP contribution in [-0.2, 0) is 33.4 Å².